The number of hydrogen-bond acceptors (Lipinski definition) is 2. The van der Waals surface area contributed by atoms with Crippen molar-refractivity contribution in [1.29, 1.82) is 0 Å². The molecule has 1 aliphatic rings. The number of fused-ring (bicyclic) bond motifs is 1. The summed E-state index contributed by atoms with van der Waals surface area (Å²) in [6, 6.07) is 14.1. The van der Waals surface area contributed by atoms with Gasteiger partial charge in [-0.15, -0.1) is 0 Å². The summed E-state index contributed by atoms with van der Waals surface area (Å²) in [5.41, 5.74) is 3.79. The van der Waals surface area contributed by atoms with Gasteiger partial charge in [-0.3, -0.25) is 0 Å². The third kappa shape index (κ3) is 2.63. The first-order valence-electron chi connectivity index (χ1n) is 8.05. The Hall–Kier alpha value is -2.22. The molecule has 0 fully saturated rings. The molecule has 23 heavy (non-hydrogen) atoms. The van der Waals surface area contributed by atoms with Crippen LogP contribution in [0.3, 0.4) is 0 Å². The zero-order valence-electron chi connectivity index (χ0n) is 14.1. The van der Waals surface area contributed by atoms with Crippen molar-refractivity contribution in [1.82, 2.24) is 0 Å². The number of aromatic hydroxyl groups is 1. The zero-order chi connectivity index (χ0) is 16.7. The Morgan fingerprint density at radius 1 is 1.09 bits per heavy atom. The Morgan fingerprint density at radius 2 is 1.78 bits per heavy atom. The van der Waals surface area contributed by atoms with Crippen LogP contribution < -0.4 is 4.74 Å². The van der Waals surface area contributed by atoms with Crippen molar-refractivity contribution in [2.24, 2.45) is 0 Å². The number of phenols is 1. The van der Waals surface area contributed by atoms with Crippen LogP contribution in [-0.2, 0) is 10.8 Å². The number of phenolic OH excluding ortho intramolecular Hbond substituents is 1. The van der Waals surface area contributed by atoms with E-state index >= 15 is 0 Å². The first kappa shape index (κ1) is 15.7. The molecule has 120 valence electrons. The van der Waals surface area contributed by atoms with Gasteiger partial charge in [0.1, 0.15) is 18.1 Å². The minimum absolute atomic E-state index is 0.0931. The molecule has 0 saturated carbocycles. The highest BCUT2D eigenvalue weighted by Crippen LogP contribution is 2.53. The minimum Gasteiger partial charge on any atom is -0.508 e. The van der Waals surface area contributed by atoms with Crippen LogP contribution in [0.1, 0.15) is 43.9 Å². The topological polar surface area (TPSA) is 29.5 Å². The molecule has 1 unspecified atom stereocenters. The van der Waals surface area contributed by atoms with Crippen LogP contribution in [0.4, 0.5) is 0 Å². The van der Waals surface area contributed by atoms with E-state index in [1.54, 1.807) is 12.1 Å². The maximum atomic E-state index is 9.96. The largest absolute Gasteiger partial charge is 0.508 e. The summed E-state index contributed by atoms with van der Waals surface area (Å²) >= 11 is 0. The lowest BCUT2D eigenvalue weighted by Gasteiger charge is -2.28. The molecule has 0 spiro atoms. The van der Waals surface area contributed by atoms with Gasteiger partial charge in [0.15, 0.2) is 0 Å². The molecule has 2 aromatic rings. The summed E-state index contributed by atoms with van der Waals surface area (Å²) in [6.07, 6.45) is 2.76. The second-order valence-corrected chi connectivity index (χ2v) is 7.25. The van der Waals surface area contributed by atoms with Gasteiger partial charge in [-0.2, -0.15) is 0 Å². The molecule has 2 aromatic carbocycles. The van der Waals surface area contributed by atoms with Gasteiger partial charge in [-0.25, -0.2) is 0 Å². The standard InChI is InChI=1S/C21H24O2/c1-5-12-23-17-9-6-15(7-10-17)21(4)14-20(2,3)18-11-8-16(22)13-19(18)21/h5-11,13,22H,1,12,14H2,2-4H3. The normalized spacial score (nSPS) is 21.7. The highest BCUT2D eigenvalue weighted by molar-refractivity contribution is 5.54. The van der Waals surface area contributed by atoms with E-state index in [9.17, 15) is 5.11 Å². The summed E-state index contributed by atoms with van der Waals surface area (Å²) in [6.45, 7) is 11.0. The lowest BCUT2D eigenvalue weighted by Crippen LogP contribution is -2.23. The van der Waals surface area contributed by atoms with Crippen LogP contribution in [0.25, 0.3) is 0 Å². The molecule has 1 aliphatic carbocycles. The monoisotopic (exact) mass is 308 g/mol. The van der Waals surface area contributed by atoms with Gasteiger partial charge in [0.2, 0.25) is 0 Å². The summed E-state index contributed by atoms with van der Waals surface area (Å²) in [4.78, 5) is 0. The minimum atomic E-state index is -0.103. The van der Waals surface area contributed by atoms with Crippen molar-refractivity contribution in [2.75, 3.05) is 6.61 Å². The average molecular weight is 308 g/mol. The van der Waals surface area contributed by atoms with Crippen LogP contribution >= 0.6 is 0 Å². The predicted octanol–water partition coefficient (Wildman–Crippen LogP) is 4.94. The van der Waals surface area contributed by atoms with Crippen molar-refractivity contribution in [3.63, 3.8) is 0 Å². The van der Waals surface area contributed by atoms with Crippen molar-refractivity contribution in [3.05, 3.63) is 71.8 Å². The quantitative estimate of drug-likeness (QED) is 0.810. The number of hydrogen-bond donors (Lipinski definition) is 1. The molecule has 3 rings (SSSR count). The number of ether oxygens (including phenoxy) is 1. The first-order valence-corrected chi connectivity index (χ1v) is 8.05. The molecule has 0 heterocycles. The van der Waals surface area contributed by atoms with E-state index in [0.29, 0.717) is 12.4 Å². The van der Waals surface area contributed by atoms with Gasteiger partial charge in [0.25, 0.3) is 0 Å². The molecular formula is C21H24O2. The third-order valence-corrected chi connectivity index (χ3v) is 4.98. The third-order valence-electron chi connectivity index (χ3n) is 4.98. The molecule has 0 radical (unpaired) electrons. The SMILES string of the molecule is C=CCOc1ccc(C2(C)CC(C)(C)c3ccc(O)cc32)cc1. The molecule has 0 bridgehead atoms. The number of rotatable bonds is 4. The second kappa shape index (κ2) is 5.45. The Bertz CT molecular complexity index is 728. The molecule has 0 aliphatic heterocycles. The van der Waals surface area contributed by atoms with E-state index in [0.717, 1.165) is 12.2 Å². The highest BCUT2D eigenvalue weighted by atomic mass is 16.5. The second-order valence-electron chi connectivity index (χ2n) is 7.25. The molecule has 0 amide bonds. The fourth-order valence-electron chi connectivity index (χ4n) is 3.98. The van der Waals surface area contributed by atoms with Gasteiger partial charge in [0, 0.05) is 5.41 Å². The van der Waals surface area contributed by atoms with Crippen LogP contribution in [0, 0.1) is 0 Å². The predicted molar refractivity (Wildman–Crippen MR) is 94.3 cm³/mol. The zero-order valence-corrected chi connectivity index (χ0v) is 14.1. The van der Waals surface area contributed by atoms with E-state index in [1.165, 1.54) is 16.7 Å². The van der Waals surface area contributed by atoms with Gasteiger partial charge in [0.05, 0.1) is 0 Å². The van der Waals surface area contributed by atoms with E-state index in [1.807, 2.05) is 18.2 Å². The van der Waals surface area contributed by atoms with Crippen LogP contribution in [0.2, 0.25) is 0 Å². The van der Waals surface area contributed by atoms with E-state index in [4.69, 9.17) is 4.74 Å². The van der Waals surface area contributed by atoms with E-state index in [2.05, 4.69) is 45.5 Å². The molecule has 0 aromatic heterocycles. The van der Waals surface area contributed by atoms with Crippen molar-refractivity contribution >= 4 is 0 Å². The van der Waals surface area contributed by atoms with E-state index in [-0.39, 0.29) is 10.8 Å². The summed E-state index contributed by atoms with van der Waals surface area (Å²) in [7, 11) is 0. The molecule has 1 N–H and O–H groups in total. The Kier molecular flexibility index (Phi) is 3.71. The fraction of sp³-hybridized carbons (Fsp3) is 0.333. The van der Waals surface area contributed by atoms with Crippen LogP contribution in [0.5, 0.6) is 11.5 Å². The van der Waals surface area contributed by atoms with Crippen LogP contribution in [0.15, 0.2) is 55.1 Å². The highest BCUT2D eigenvalue weighted by Gasteiger charge is 2.45. The van der Waals surface area contributed by atoms with Gasteiger partial charge < -0.3 is 9.84 Å². The lowest BCUT2D eigenvalue weighted by atomic mass is 9.75. The summed E-state index contributed by atoms with van der Waals surface area (Å²) < 4.78 is 5.58. The Labute approximate surface area is 138 Å². The molecule has 0 saturated heterocycles. The van der Waals surface area contributed by atoms with Gasteiger partial charge >= 0.3 is 0 Å². The van der Waals surface area contributed by atoms with E-state index < -0.39 is 0 Å². The molecule has 1 atom stereocenters. The van der Waals surface area contributed by atoms with Crippen LogP contribution in [-0.4, -0.2) is 11.7 Å². The van der Waals surface area contributed by atoms with Gasteiger partial charge in [-0.1, -0.05) is 51.6 Å². The molecule has 2 heteroatoms. The number of benzene rings is 2. The van der Waals surface area contributed by atoms with Crippen molar-refractivity contribution in [3.8, 4) is 11.5 Å². The maximum absolute atomic E-state index is 9.96. The first-order chi connectivity index (χ1) is 10.9. The fourth-order valence-corrected chi connectivity index (χ4v) is 3.98. The summed E-state index contributed by atoms with van der Waals surface area (Å²) in [5, 5.41) is 9.96. The maximum Gasteiger partial charge on any atom is 0.119 e. The molecule has 2 nitrogen and oxygen atoms in total. The van der Waals surface area contributed by atoms with Crippen molar-refractivity contribution < 1.29 is 9.84 Å². The summed E-state index contributed by atoms with van der Waals surface area (Å²) in [5.74, 6) is 1.18. The Balaban J connectivity index is 2.03. The lowest BCUT2D eigenvalue weighted by molar-refractivity contribution is 0.362. The van der Waals surface area contributed by atoms with Gasteiger partial charge in [-0.05, 0) is 52.8 Å². The Morgan fingerprint density at radius 3 is 2.43 bits per heavy atom. The average Bonchev–Trinajstić information content (AvgIpc) is 2.72. The molecular weight excluding hydrogens is 284 g/mol. The smallest absolute Gasteiger partial charge is 0.119 e. The van der Waals surface area contributed by atoms with Crippen molar-refractivity contribution in [2.45, 2.75) is 38.0 Å².